The highest BCUT2D eigenvalue weighted by atomic mass is 79.9. The summed E-state index contributed by atoms with van der Waals surface area (Å²) in [6.07, 6.45) is 0. The summed E-state index contributed by atoms with van der Waals surface area (Å²) in [5.74, 6) is -1.22. The van der Waals surface area contributed by atoms with Crippen LogP contribution in [0.4, 0.5) is 5.69 Å². The van der Waals surface area contributed by atoms with Crippen LogP contribution in [0.1, 0.15) is 36.6 Å². The molecule has 28 heavy (non-hydrogen) atoms. The van der Waals surface area contributed by atoms with Crippen LogP contribution in [0.5, 0.6) is 0 Å². The second kappa shape index (κ2) is 7.40. The number of nitrogens with zero attached hydrogens (tertiary/aromatic N) is 1. The molecule has 0 fully saturated rings. The summed E-state index contributed by atoms with van der Waals surface area (Å²) in [6.45, 7) is 0.151. The molecule has 0 unspecified atom stereocenters. The first-order valence-corrected chi connectivity index (χ1v) is 9.33. The van der Waals surface area contributed by atoms with Crippen LogP contribution in [0.15, 0.2) is 77.3 Å². The van der Waals surface area contributed by atoms with E-state index in [1.54, 1.807) is 48.5 Å². The first-order valence-electron chi connectivity index (χ1n) is 8.54. The molecule has 0 spiro atoms. The third-order valence-electron chi connectivity index (χ3n) is 4.41. The number of benzene rings is 3. The maximum Gasteiger partial charge on any atom is 0.338 e. The fourth-order valence-corrected chi connectivity index (χ4v) is 3.48. The van der Waals surface area contributed by atoms with Gasteiger partial charge in [0.25, 0.3) is 11.8 Å². The number of hydrogen-bond donors (Lipinski definition) is 0. The number of hydrogen-bond acceptors (Lipinski definition) is 4. The lowest BCUT2D eigenvalue weighted by Gasteiger charge is -2.14. The highest BCUT2D eigenvalue weighted by Crippen LogP contribution is 2.28. The smallest absolute Gasteiger partial charge is 0.338 e. The van der Waals surface area contributed by atoms with E-state index in [2.05, 4.69) is 15.9 Å². The fourth-order valence-electron chi connectivity index (χ4n) is 3.03. The topological polar surface area (TPSA) is 63.7 Å². The van der Waals surface area contributed by atoms with Gasteiger partial charge in [-0.3, -0.25) is 9.59 Å². The molecular formula is C22H14BrNO4. The van der Waals surface area contributed by atoms with Gasteiger partial charge in [0.05, 0.1) is 22.4 Å². The molecule has 6 heteroatoms. The Hall–Kier alpha value is -3.25. The lowest BCUT2D eigenvalue weighted by Crippen LogP contribution is -2.29. The molecule has 3 aromatic rings. The molecule has 0 bridgehead atoms. The molecule has 4 rings (SSSR count). The van der Waals surface area contributed by atoms with Gasteiger partial charge in [-0.2, -0.15) is 0 Å². The Morgan fingerprint density at radius 3 is 2.11 bits per heavy atom. The van der Waals surface area contributed by atoms with E-state index in [1.165, 1.54) is 0 Å². The maximum atomic E-state index is 12.5. The van der Waals surface area contributed by atoms with Crippen LogP contribution in [0, 0.1) is 0 Å². The molecule has 0 saturated heterocycles. The molecular weight excluding hydrogens is 422 g/mol. The minimum atomic E-state index is -0.478. The van der Waals surface area contributed by atoms with Gasteiger partial charge in [0, 0.05) is 4.47 Å². The summed E-state index contributed by atoms with van der Waals surface area (Å²) >= 11 is 3.37. The predicted octanol–water partition coefficient (Wildman–Crippen LogP) is 4.61. The standard InChI is InChI=1S/C22H14BrNO4/c23-16-5-3-4-14(12-16)13-28-22(27)15-8-10-17(11-9-15)24-20(25)18-6-1-2-7-19(18)21(24)26/h1-12H,13H2. The first-order chi connectivity index (χ1) is 13.5. The molecule has 138 valence electrons. The number of ether oxygens (including phenoxy) is 1. The Kier molecular flexibility index (Phi) is 4.79. The van der Waals surface area contributed by atoms with Crippen molar-refractivity contribution in [3.63, 3.8) is 0 Å². The summed E-state index contributed by atoms with van der Waals surface area (Å²) in [7, 11) is 0. The number of imide groups is 1. The summed E-state index contributed by atoms with van der Waals surface area (Å²) in [5.41, 5.74) is 2.38. The molecule has 5 nitrogen and oxygen atoms in total. The SMILES string of the molecule is O=C(OCc1cccc(Br)c1)c1ccc(N2C(=O)c3ccccc3C2=O)cc1. The summed E-state index contributed by atoms with van der Waals surface area (Å²) in [5, 5.41) is 0. The summed E-state index contributed by atoms with van der Waals surface area (Å²) in [6, 6.07) is 20.4. The van der Waals surface area contributed by atoms with Crippen molar-refractivity contribution in [3.8, 4) is 0 Å². The van der Waals surface area contributed by atoms with Gasteiger partial charge < -0.3 is 4.74 Å². The van der Waals surface area contributed by atoms with Crippen LogP contribution in [-0.2, 0) is 11.3 Å². The fraction of sp³-hybridized carbons (Fsp3) is 0.0455. The van der Waals surface area contributed by atoms with E-state index in [4.69, 9.17) is 4.74 Å². The number of esters is 1. The molecule has 0 atom stereocenters. The predicted molar refractivity (Wildman–Crippen MR) is 107 cm³/mol. The van der Waals surface area contributed by atoms with Gasteiger partial charge in [-0.1, -0.05) is 40.2 Å². The number of rotatable bonds is 4. The average molecular weight is 436 g/mol. The van der Waals surface area contributed by atoms with Crippen LogP contribution >= 0.6 is 15.9 Å². The molecule has 3 aromatic carbocycles. The zero-order valence-corrected chi connectivity index (χ0v) is 16.2. The number of carbonyl (C=O) groups excluding carboxylic acids is 3. The number of halogens is 1. The van der Waals surface area contributed by atoms with Crippen LogP contribution in [0.25, 0.3) is 0 Å². The molecule has 0 aliphatic carbocycles. The highest BCUT2D eigenvalue weighted by molar-refractivity contribution is 9.10. The van der Waals surface area contributed by atoms with Crippen LogP contribution in [-0.4, -0.2) is 17.8 Å². The second-order valence-electron chi connectivity index (χ2n) is 6.24. The van der Waals surface area contributed by atoms with Crippen molar-refractivity contribution in [2.24, 2.45) is 0 Å². The number of anilines is 1. The van der Waals surface area contributed by atoms with E-state index in [9.17, 15) is 14.4 Å². The quantitative estimate of drug-likeness (QED) is 0.443. The number of carbonyl (C=O) groups is 3. The van der Waals surface area contributed by atoms with Crippen LogP contribution in [0.3, 0.4) is 0 Å². The van der Waals surface area contributed by atoms with E-state index in [0.717, 1.165) is 14.9 Å². The minimum absolute atomic E-state index is 0.151. The van der Waals surface area contributed by atoms with Crippen molar-refractivity contribution >= 4 is 39.4 Å². The Morgan fingerprint density at radius 2 is 1.50 bits per heavy atom. The lowest BCUT2D eigenvalue weighted by atomic mass is 10.1. The van der Waals surface area contributed by atoms with Crippen molar-refractivity contribution in [1.29, 1.82) is 0 Å². The zero-order valence-electron chi connectivity index (χ0n) is 14.6. The van der Waals surface area contributed by atoms with E-state index in [1.807, 2.05) is 24.3 Å². The Labute approximate surface area is 169 Å². The van der Waals surface area contributed by atoms with Crippen molar-refractivity contribution in [1.82, 2.24) is 0 Å². The number of amides is 2. The Balaban J connectivity index is 1.48. The average Bonchev–Trinajstić information content (AvgIpc) is 2.97. The van der Waals surface area contributed by atoms with E-state index in [-0.39, 0.29) is 18.4 Å². The summed E-state index contributed by atoms with van der Waals surface area (Å²) < 4.78 is 6.23. The van der Waals surface area contributed by atoms with Gasteiger partial charge in [0.1, 0.15) is 6.61 Å². The first kappa shape index (κ1) is 18.1. The largest absolute Gasteiger partial charge is 0.457 e. The van der Waals surface area contributed by atoms with E-state index in [0.29, 0.717) is 22.4 Å². The highest BCUT2D eigenvalue weighted by Gasteiger charge is 2.36. The maximum absolute atomic E-state index is 12.5. The normalized spacial score (nSPS) is 12.8. The molecule has 1 aliphatic heterocycles. The molecule has 0 aromatic heterocycles. The Morgan fingerprint density at radius 1 is 0.857 bits per heavy atom. The van der Waals surface area contributed by atoms with Crippen LogP contribution < -0.4 is 4.90 Å². The minimum Gasteiger partial charge on any atom is -0.457 e. The van der Waals surface area contributed by atoms with Gasteiger partial charge in [-0.25, -0.2) is 9.69 Å². The van der Waals surface area contributed by atoms with E-state index < -0.39 is 5.97 Å². The molecule has 1 heterocycles. The van der Waals surface area contributed by atoms with Gasteiger partial charge in [-0.05, 0) is 54.1 Å². The van der Waals surface area contributed by atoms with Crippen molar-refractivity contribution in [2.45, 2.75) is 6.61 Å². The molecule has 0 radical (unpaired) electrons. The van der Waals surface area contributed by atoms with Crippen molar-refractivity contribution < 1.29 is 19.1 Å². The molecule has 2 amide bonds. The van der Waals surface area contributed by atoms with Crippen molar-refractivity contribution in [3.05, 3.63) is 99.5 Å². The lowest BCUT2D eigenvalue weighted by molar-refractivity contribution is 0.0472. The number of fused-ring (bicyclic) bond motifs is 1. The van der Waals surface area contributed by atoms with Crippen molar-refractivity contribution in [2.75, 3.05) is 4.90 Å². The molecule has 0 N–H and O–H groups in total. The van der Waals surface area contributed by atoms with Gasteiger partial charge in [0.2, 0.25) is 0 Å². The third kappa shape index (κ3) is 3.34. The Bertz CT molecular complexity index is 1060. The van der Waals surface area contributed by atoms with Gasteiger partial charge >= 0.3 is 5.97 Å². The van der Waals surface area contributed by atoms with E-state index >= 15 is 0 Å². The molecule has 1 aliphatic rings. The third-order valence-corrected chi connectivity index (χ3v) is 4.91. The second-order valence-corrected chi connectivity index (χ2v) is 7.16. The summed E-state index contributed by atoms with van der Waals surface area (Å²) in [4.78, 5) is 38.4. The van der Waals surface area contributed by atoms with Crippen LogP contribution in [0.2, 0.25) is 0 Å². The molecule has 0 saturated carbocycles. The van der Waals surface area contributed by atoms with Gasteiger partial charge in [0.15, 0.2) is 0 Å². The van der Waals surface area contributed by atoms with Gasteiger partial charge in [-0.15, -0.1) is 0 Å². The monoisotopic (exact) mass is 435 g/mol. The zero-order chi connectivity index (χ0) is 19.7.